The third-order valence-electron chi connectivity index (χ3n) is 5.36. The van der Waals surface area contributed by atoms with Crippen LogP contribution in [-0.4, -0.2) is 30.2 Å². The zero-order chi connectivity index (χ0) is 22.7. The summed E-state index contributed by atoms with van der Waals surface area (Å²) in [6.45, 7) is 0.282. The Morgan fingerprint density at radius 1 is 1.03 bits per heavy atom. The Morgan fingerprint density at radius 2 is 1.75 bits per heavy atom. The lowest BCUT2D eigenvalue weighted by Gasteiger charge is -2.30. The standard InChI is InChI=1S/C25H23F3N2O2/c1-2-3-7-17-10-12-19(13-11-17)23-20(18-8-5-4-6-9-18)14-21-24(29-23)32-15-22(31)30(21)16-25(26,27)28/h4-6,8-14H,2-3,7,15-16H2,1H3. The normalized spacial score (nSPS) is 13.6. The fourth-order valence-corrected chi connectivity index (χ4v) is 3.75. The molecule has 0 unspecified atom stereocenters. The van der Waals surface area contributed by atoms with E-state index in [0.717, 1.165) is 30.4 Å². The number of fused-ring (bicyclic) bond motifs is 1. The molecule has 0 saturated carbocycles. The zero-order valence-electron chi connectivity index (χ0n) is 17.7. The van der Waals surface area contributed by atoms with Crippen molar-refractivity contribution >= 4 is 11.6 Å². The smallest absolute Gasteiger partial charge is 0.406 e. The molecule has 0 saturated heterocycles. The third-order valence-corrected chi connectivity index (χ3v) is 5.36. The van der Waals surface area contributed by atoms with Crippen molar-refractivity contribution in [3.8, 4) is 28.3 Å². The number of ether oxygens (including phenoxy) is 1. The summed E-state index contributed by atoms with van der Waals surface area (Å²) in [7, 11) is 0. The van der Waals surface area contributed by atoms with E-state index in [1.165, 1.54) is 5.56 Å². The molecule has 0 fully saturated rings. The summed E-state index contributed by atoms with van der Waals surface area (Å²) < 4.78 is 44.9. The minimum atomic E-state index is -4.54. The maximum absolute atomic E-state index is 13.1. The van der Waals surface area contributed by atoms with E-state index < -0.39 is 25.2 Å². The van der Waals surface area contributed by atoms with Gasteiger partial charge in [-0.05, 0) is 30.0 Å². The largest absolute Gasteiger partial charge is 0.466 e. The molecule has 7 heteroatoms. The highest BCUT2D eigenvalue weighted by Gasteiger charge is 2.38. The van der Waals surface area contributed by atoms with E-state index in [2.05, 4.69) is 11.9 Å². The molecule has 0 N–H and O–H groups in total. The molecule has 32 heavy (non-hydrogen) atoms. The van der Waals surface area contributed by atoms with Crippen LogP contribution in [0.25, 0.3) is 22.4 Å². The van der Waals surface area contributed by atoms with Crippen LogP contribution in [0.5, 0.6) is 5.88 Å². The van der Waals surface area contributed by atoms with Gasteiger partial charge in [-0.1, -0.05) is 67.9 Å². The van der Waals surface area contributed by atoms with Crippen molar-refractivity contribution in [1.29, 1.82) is 0 Å². The number of pyridine rings is 1. The van der Waals surface area contributed by atoms with Gasteiger partial charge in [-0.3, -0.25) is 9.69 Å². The van der Waals surface area contributed by atoms with Gasteiger partial charge in [0.25, 0.3) is 5.91 Å². The number of amides is 1. The molecule has 1 aliphatic rings. The Kier molecular flexibility index (Phi) is 6.17. The van der Waals surface area contributed by atoms with Gasteiger partial charge in [0.1, 0.15) is 12.2 Å². The molecule has 0 aliphatic carbocycles. The second-order valence-electron chi connectivity index (χ2n) is 7.76. The van der Waals surface area contributed by atoms with E-state index in [4.69, 9.17) is 4.74 Å². The first-order valence-corrected chi connectivity index (χ1v) is 10.6. The number of carbonyl (C=O) groups excluding carboxylic acids is 1. The number of halogens is 3. The second kappa shape index (κ2) is 9.02. The fourth-order valence-electron chi connectivity index (χ4n) is 3.75. The molecule has 0 radical (unpaired) electrons. The van der Waals surface area contributed by atoms with E-state index in [1.54, 1.807) is 6.07 Å². The van der Waals surface area contributed by atoms with Crippen LogP contribution in [0.4, 0.5) is 18.9 Å². The highest BCUT2D eigenvalue weighted by molar-refractivity contribution is 5.99. The summed E-state index contributed by atoms with van der Waals surface area (Å²) in [5.41, 5.74) is 4.09. The molecule has 1 amide bonds. The Labute approximate surface area is 184 Å². The number of anilines is 1. The van der Waals surface area contributed by atoms with Crippen LogP contribution >= 0.6 is 0 Å². The van der Waals surface area contributed by atoms with Gasteiger partial charge < -0.3 is 4.74 Å². The first-order valence-electron chi connectivity index (χ1n) is 10.6. The highest BCUT2D eigenvalue weighted by Crippen LogP contribution is 2.41. The average molecular weight is 440 g/mol. The van der Waals surface area contributed by atoms with Crippen LogP contribution in [0.3, 0.4) is 0 Å². The number of aromatic nitrogens is 1. The number of hydrogen-bond donors (Lipinski definition) is 0. The predicted molar refractivity (Wildman–Crippen MR) is 118 cm³/mol. The quantitative estimate of drug-likeness (QED) is 0.469. The maximum atomic E-state index is 13.1. The number of unbranched alkanes of at least 4 members (excludes halogenated alkanes) is 1. The highest BCUT2D eigenvalue weighted by atomic mass is 19.4. The van der Waals surface area contributed by atoms with Crippen LogP contribution in [0.1, 0.15) is 25.3 Å². The molecule has 2 heterocycles. The van der Waals surface area contributed by atoms with E-state index >= 15 is 0 Å². The van der Waals surface area contributed by atoms with Crippen LogP contribution in [0, 0.1) is 0 Å². The van der Waals surface area contributed by atoms with Gasteiger partial charge in [-0.15, -0.1) is 0 Å². The summed E-state index contributed by atoms with van der Waals surface area (Å²) in [6, 6.07) is 18.9. The predicted octanol–water partition coefficient (Wildman–Crippen LogP) is 6.05. The van der Waals surface area contributed by atoms with Gasteiger partial charge in [0.05, 0.1) is 5.69 Å². The maximum Gasteiger partial charge on any atom is 0.406 e. The van der Waals surface area contributed by atoms with E-state index in [9.17, 15) is 18.0 Å². The topological polar surface area (TPSA) is 42.4 Å². The van der Waals surface area contributed by atoms with Gasteiger partial charge >= 0.3 is 6.18 Å². The van der Waals surface area contributed by atoms with Crippen molar-refractivity contribution in [1.82, 2.24) is 4.98 Å². The number of alkyl halides is 3. The molecule has 166 valence electrons. The van der Waals surface area contributed by atoms with E-state index in [-0.39, 0.29) is 11.6 Å². The number of aryl methyl sites for hydroxylation is 1. The Balaban J connectivity index is 1.83. The van der Waals surface area contributed by atoms with E-state index in [1.807, 2.05) is 54.6 Å². The van der Waals surface area contributed by atoms with Crippen molar-refractivity contribution in [2.24, 2.45) is 0 Å². The van der Waals surface area contributed by atoms with Gasteiger partial charge in [0.15, 0.2) is 6.61 Å². The van der Waals surface area contributed by atoms with Crippen molar-refractivity contribution in [3.63, 3.8) is 0 Å². The van der Waals surface area contributed by atoms with Gasteiger partial charge in [0.2, 0.25) is 5.88 Å². The van der Waals surface area contributed by atoms with Gasteiger partial charge in [-0.25, -0.2) is 4.98 Å². The zero-order valence-corrected chi connectivity index (χ0v) is 17.7. The lowest BCUT2D eigenvalue weighted by Crippen LogP contribution is -2.44. The van der Waals surface area contributed by atoms with Crippen LogP contribution < -0.4 is 9.64 Å². The summed E-state index contributed by atoms with van der Waals surface area (Å²) >= 11 is 0. The number of benzene rings is 2. The van der Waals surface area contributed by atoms with Crippen molar-refractivity contribution < 1.29 is 22.7 Å². The van der Waals surface area contributed by atoms with E-state index in [0.29, 0.717) is 16.2 Å². The lowest BCUT2D eigenvalue weighted by molar-refractivity contribution is -0.134. The Hall–Kier alpha value is -3.35. The molecular weight excluding hydrogens is 417 g/mol. The van der Waals surface area contributed by atoms with Crippen LogP contribution in [-0.2, 0) is 11.2 Å². The minimum Gasteiger partial charge on any atom is -0.466 e. The van der Waals surface area contributed by atoms with Crippen molar-refractivity contribution in [2.45, 2.75) is 32.4 Å². The second-order valence-corrected chi connectivity index (χ2v) is 7.76. The van der Waals surface area contributed by atoms with Crippen molar-refractivity contribution in [2.75, 3.05) is 18.1 Å². The Bertz CT molecular complexity index is 1100. The van der Waals surface area contributed by atoms with Crippen molar-refractivity contribution in [3.05, 3.63) is 66.2 Å². The molecule has 0 atom stereocenters. The summed E-state index contributed by atoms with van der Waals surface area (Å²) in [5.74, 6) is -0.720. The summed E-state index contributed by atoms with van der Waals surface area (Å²) in [5, 5.41) is 0. The first kappa shape index (κ1) is 21.9. The fraction of sp³-hybridized carbons (Fsp3) is 0.280. The first-order chi connectivity index (χ1) is 15.4. The molecule has 1 aliphatic heterocycles. The minimum absolute atomic E-state index is 0.0265. The summed E-state index contributed by atoms with van der Waals surface area (Å²) in [4.78, 5) is 17.5. The average Bonchev–Trinajstić information content (AvgIpc) is 2.79. The van der Waals surface area contributed by atoms with Crippen LogP contribution in [0.15, 0.2) is 60.7 Å². The number of rotatable bonds is 6. The molecule has 2 aromatic carbocycles. The van der Waals surface area contributed by atoms with Gasteiger partial charge in [-0.2, -0.15) is 13.2 Å². The van der Waals surface area contributed by atoms with Crippen LogP contribution in [0.2, 0.25) is 0 Å². The Morgan fingerprint density at radius 3 is 2.41 bits per heavy atom. The molecule has 1 aromatic heterocycles. The molecular formula is C25H23F3N2O2. The molecule has 4 nitrogen and oxygen atoms in total. The molecule has 0 bridgehead atoms. The lowest BCUT2D eigenvalue weighted by atomic mass is 9.97. The number of nitrogens with zero attached hydrogens (tertiary/aromatic N) is 2. The third kappa shape index (κ3) is 4.77. The molecule has 0 spiro atoms. The van der Waals surface area contributed by atoms with Gasteiger partial charge in [0, 0.05) is 11.1 Å². The monoisotopic (exact) mass is 440 g/mol. The molecule has 4 rings (SSSR count). The summed E-state index contributed by atoms with van der Waals surface area (Å²) in [6.07, 6.45) is -1.35. The number of carbonyl (C=O) groups is 1. The number of hydrogen-bond acceptors (Lipinski definition) is 3. The SMILES string of the molecule is CCCCc1ccc(-c2nc3c(cc2-c2ccccc2)N(CC(F)(F)F)C(=O)CO3)cc1. The molecule has 3 aromatic rings.